The molecule has 0 bridgehead atoms. The van der Waals surface area contributed by atoms with Crippen molar-refractivity contribution >= 4 is 11.3 Å². The first-order valence-electron chi connectivity index (χ1n) is 8.49. The monoisotopic (exact) mass is 323 g/mol. The van der Waals surface area contributed by atoms with Crippen molar-refractivity contribution in [3.8, 4) is 5.75 Å². The van der Waals surface area contributed by atoms with Crippen molar-refractivity contribution in [3.63, 3.8) is 0 Å². The van der Waals surface area contributed by atoms with E-state index in [1.165, 1.54) is 24.0 Å². The molecular weight excluding hydrogens is 294 g/mol. The first-order valence-corrected chi connectivity index (χ1v) is 8.49. The molecule has 0 amide bonds. The molecule has 128 valence electrons. The van der Waals surface area contributed by atoms with Crippen LogP contribution in [0.3, 0.4) is 0 Å². The van der Waals surface area contributed by atoms with Crippen molar-refractivity contribution < 1.29 is 5.11 Å². The van der Waals surface area contributed by atoms with Gasteiger partial charge in [0.1, 0.15) is 5.75 Å². The summed E-state index contributed by atoms with van der Waals surface area (Å²) in [6.07, 6.45) is 7.03. The van der Waals surface area contributed by atoms with Gasteiger partial charge in [0.2, 0.25) is 0 Å². The second kappa shape index (κ2) is 7.12. The quantitative estimate of drug-likeness (QED) is 0.633. The molecule has 1 aromatic rings. The maximum absolute atomic E-state index is 9.87. The number of aromatic hydroxyl groups is 1. The number of rotatable bonds is 7. The molecule has 0 saturated heterocycles. The molecule has 2 nitrogen and oxygen atoms in total. The van der Waals surface area contributed by atoms with Crippen molar-refractivity contribution in [2.45, 2.75) is 40.5 Å². The summed E-state index contributed by atoms with van der Waals surface area (Å²) in [5.41, 5.74) is 6.68. The Labute approximate surface area is 146 Å². The summed E-state index contributed by atoms with van der Waals surface area (Å²) in [5, 5.41) is 13.2. The van der Waals surface area contributed by atoms with Crippen molar-refractivity contribution in [2.24, 2.45) is 5.41 Å². The lowest BCUT2D eigenvalue weighted by molar-refractivity contribution is 0.475. The Kier molecular flexibility index (Phi) is 5.38. The summed E-state index contributed by atoms with van der Waals surface area (Å²) in [4.78, 5) is 0. The Morgan fingerprint density at radius 1 is 1.12 bits per heavy atom. The Bertz CT molecular complexity index is 717. The average molecular weight is 323 g/mol. The Hall–Kier alpha value is -2.22. The summed E-state index contributed by atoms with van der Waals surface area (Å²) >= 11 is 0. The van der Waals surface area contributed by atoms with E-state index < -0.39 is 0 Å². The zero-order valence-electron chi connectivity index (χ0n) is 15.4. The minimum atomic E-state index is 0.233. The van der Waals surface area contributed by atoms with Crippen LogP contribution >= 0.6 is 0 Å². The Morgan fingerprint density at radius 3 is 2.33 bits per heavy atom. The number of phenolic OH excluding ortho intramolecular Hbond substituents is 1. The SMILES string of the molecule is C=C(C)c1cc(O)cc(C(=C)NC/C(C)=C/C=C(\C)C2(C)CC2)c1. The van der Waals surface area contributed by atoms with E-state index in [0.29, 0.717) is 5.41 Å². The Morgan fingerprint density at radius 2 is 1.75 bits per heavy atom. The van der Waals surface area contributed by atoms with E-state index in [9.17, 15) is 5.11 Å². The standard InChI is InChI=1S/C22H29NO/c1-15(2)19-11-20(13-21(24)12-19)18(5)23-14-16(3)7-8-17(4)22(6)9-10-22/h7-8,11-13,23-24H,1,5,9-10,14H2,2-4,6H3/b16-7+,17-8+. The van der Waals surface area contributed by atoms with Crippen LogP contribution in [0.5, 0.6) is 5.75 Å². The van der Waals surface area contributed by atoms with E-state index in [0.717, 1.165) is 28.9 Å². The third kappa shape index (κ3) is 4.64. The van der Waals surface area contributed by atoms with E-state index in [-0.39, 0.29) is 5.75 Å². The number of hydrogen-bond acceptors (Lipinski definition) is 2. The molecule has 0 radical (unpaired) electrons. The lowest BCUT2D eigenvalue weighted by atomic mass is 9.99. The minimum Gasteiger partial charge on any atom is -0.508 e. The number of benzene rings is 1. The van der Waals surface area contributed by atoms with Crippen molar-refractivity contribution in [3.05, 3.63) is 65.8 Å². The van der Waals surface area contributed by atoms with Gasteiger partial charge in [-0.1, -0.05) is 49.0 Å². The molecule has 0 aromatic heterocycles. The predicted molar refractivity (Wildman–Crippen MR) is 105 cm³/mol. The molecule has 0 unspecified atom stereocenters. The van der Waals surface area contributed by atoms with Crippen LogP contribution < -0.4 is 5.32 Å². The molecule has 0 spiro atoms. The smallest absolute Gasteiger partial charge is 0.116 e. The highest BCUT2D eigenvalue weighted by Gasteiger charge is 2.38. The molecular formula is C22H29NO. The van der Waals surface area contributed by atoms with Crippen LogP contribution in [0.2, 0.25) is 0 Å². The maximum atomic E-state index is 9.87. The second-order valence-electron chi connectivity index (χ2n) is 7.30. The molecule has 1 aliphatic rings. The largest absolute Gasteiger partial charge is 0.508 e. The summed E-state index contributed by atoms with van der Waals surface area (Å²) in [7, 11) is 0. The lowest BCUT2D eigenvalue weighted by Crippen LogP contribution is -2.14. The zero-order chi connectivity index (χ0) is 17.9. The topological polar surface area (TPSA) is 32.3 Å². The van der Waals surface area contributed by atoms with Gasteiger partial charge >= 0.3 is 0 Å². The predicted octanol–water partition coefficient (Wildman–Crippen LogP) is 5.68. The van der Waals surface area contributed by atoms with Gasteiger partial charge in [0.15, 0.2) is 0 Å². The highest BCUT2D eigenvalue weighted by molar-refractivity contribution is 5.70. The van der Waals surface area contributed by atoms with Crippen LogP contribution in [0, 0.1) is 5.41 Å². The summed E-state index contributed by atoms with van der Waals surface area (Å²) in [6.45, 7) is 17.3. The van der Waals surface area contributed by atoms with Gasteiger partial charge in [-0.3, -0.25) is 0 Å². The van der Waals surface area contributed by atoms with Crippen LogP contribution in [-0.2, 0) is 0 Å². The van der Waals surface area contributed by atoms with E-state index in [1.54, 1.807) is 12.1 Å². The number of allylic oxidation sites excluding steroid dienone is 4. The minimum absolute atomic E-state index is 0.233. The van der Waals surface area contributed by atoms with E-state index >= 15 is 0 Å². The molecule has 1 aliphatic carbocycles. The van der Waals surface area contributed by atoms with Gasteiger partial charge in [-0.2, -0.15) is 0 Å². The van der Waals surface area contributed by atoms with Crippen molar-refractivity contribution in [1.29, 1.82) is 0 Å². The molecule has 24 heavy (non-hydrogen) atoms. The van der Waals surface area contributed by atoms with Gasteiger partial charge < -0.3 is 10.4 Å². The van der Waals surface area contributed by atoms with Gasteiger partial charge in [-0.05, 0) is 62.8 Å². The molecule has 0 heterocycles. The van der Waals surface area contributed by atoms with Crippen LogP contribution in [0.25, 0.3) is 11.3 Å². The van der Waals surface area contributed by atoms with E-state index in [1.807, 2.05) is 13.0 Å². The van der Waals surface area contributed by atoms with Crippen molar-refractivity contribution in [2.75, 3.05) is 6.54 Å². The van der Waals surface area contributed by atoms with E-state index in [4.69, 9.17) is 0 Å². The summed E-state index contributed by atoms with van der Waals surface area (Å²) in [5.74, 6) is 0.233. The fraction of sp³-hybridized carbons (Fsp3) is 0.364. The highest BCUT2D eigenvalue weighted by Crippen LogP contribution is 2.51. The van der Waals surface area contributed by atoms with Crippen LogP contribution in [0.15, 0.2) is 54.7 Å². The van der Waals surface area contributed by atoms with Gasteiger partial charge in [-0.25, -0.2) is 0 Å². The maximum Gasteiger partial charge on any atom is 0.116 e. The molecule has 2 rings (SSSR count). The number of nitrogens with one attached hydrogen (secondary N) is 1. The molecule has 1 saturated carbocycles. The van der Waals surface area contributed by atoms with Gasteiger partial charge in [0.25, 0.3) is 0 Å². The third-order valence-electron chi connectivity index (χ3n) is 4.91. The Balaban J connectivity index is 1.99. The molecule has 1 fully saturated rings. The van der Waals surface area contributed by atoms with Crippen LogP contribution in [-0.4, -0.2) is 11.7 Å². The summed E-state index contributed by atoms with van der Waals surface area (Å²) in [6, 6.07) is 5.43. The normalized spacial score (nSPS) is 16.7. The number of phenols is 1. The third-order valence-corrected chi connectivity index (χ3v) is 4.91. The number of hydrogen-bond donors (Lipinski definition) is 2. The van der Waals surface area contributed by atoms with Crippen LogP contribution in [0.1, 0.15) is 51.7 Å². The molecule has 2 N–H and O–H groups in total. The van der Waals surface area contributed by atoms with E-state index in [2.05, 4.69) is 51.4 Å². The molecule has 0 aliphatic heterocycles. The second-order valence-corrected chi connectivity index (χ2v) is 7.30. The average Bonchev–Trinajstić information content (AvgIpc) is 3.28. The molecule has 1 aromatic carbocycles. The zero-order valence-corrected chi connectivity index (χ0v) is 15.4. The van der Waals surface area contributed by atoms with Gasteiger partial charge in [0.05, 0.1) is 0 Å². The first kappa shape index (κ1) is 18.1. The summed E-state index contributed by atoms with van der Waals surface area (Å²) < 4.78 is 0. The lowest BCUT2D eigenvalue weighted by Gasteiger charge is -2.12. The fourth-order valence-electron chi connectivity index (χ4n) is 2.49. The first-order chi connectivity index (χ1) is 11.2. The highest BCUT2D eigenvalue weighted by atomic mass is 16.3. The molecule has 0 atom stereocenters. The van der Waals surface area contributed by atoms with Gasteiger partial charge in [0, 0.05) is 17.8 Å². The molecule has 2 heteroatoms. The fourth-order valence-corrected chi connectivity index (χ4v) is 2.49. The van der Waals surface area contributed by atoms with Gasteiger partial charge in [-0.15, -0.1) is 0 Å². The van der Waals surface area contributed by atoms with Crippen molar-refractivity contribution in [1.82, 2.24) is 5.32 Å². The van der Waals surface area contributed by atoms with Crippen LogP contribution in [0.4, 0.5) is 0 Å².